The molecule has 92 valence electrons. The number of rotatable bonds is 4. The summed E-state index contributed by atoms with van der Waals surface area (Å²) in [5.74, 6) is 0.595. The average Bonchev–Trinajstić information content (AvgIpc) is 2.41. The van der Waals surface area contributed by atoms with Gasteiger partial charge in [-0.05, 0) is 53.1 Å². The average molecular weight is 223 g/mol. The first kappa shape index (κ1) is 13.2. The Balaban J connectivity index is 2.45. The van der Waals surface area contributed by atoms with E-state index in [9.17, 15) is 0 Å². The number of hydrogen-bond acceptors (Lipinski definition) is 2. The summed E-state index contributed by atoms with van der Waals surface area (Å²) >= 11 is 0. The van der Waals surface area contributed by atoms with Crippen LogP contribution < -0.4 is 5.32 Å². The van der Waals surface area contributed by atoms with Crippen LogP contribution in [0.3, 0.4) is 0 Å². The summed E-state index contributed by atoms with van der Waals surface area (Å²) in [6, 6.07) is 2.13. The smallest absolute Gasteiger partial charge is 0.0596 e. The zero-order valence-electron chi connectivity index (χ0n) is 11.5. The highest BCUT2D eigenvalue weighted by Gasteiger charge is 2.12. The minimum atomic E-state index is 0.198. The Kier molecular flexibility index (Phi) is 4.14. The van der Waals surface area contributed by atoms with Crippen LogP contribution in [0.15, 0.2) is 6.07 Å². The number of aromatic nitrogens is 2. The standard InChI is InChI=1S/C13H25N3/c1-10(8-14-13(4,5)6)9-16-12(3)7-11(2)15-16/h7,10,14H,8-9H2,1-6H3. The maximum absolute atomic E-state index is 4.48. The van der Waals surface area contributed by atoms with Crippen molar-refractivity contribution in [1.82, 2.24) is 15.1 Å². The minimum absolute atomic E-state index is 0.198. The van der Waals surface area contributed by atoms with E-state index in [0.717, 1.165) is 18.8 Å². The zero-order chi connectivity index (χ0) is 12.3. The van der Waals surface area contributed by atoms with Gasteiger partial charge in [0.15, 0.2) is 0 Å². The topological polar surface area (TPSA) is 29.9 Å². The van der Waals surface area contributed by atoms with Crippen LogP contribution in [-0.2, 0) is 6.54 Å². The van der Waals surface area contributed by atoms with Gasteiger partial charge in [-0.2, -0.15) is 5.10 Å². The molecular weight excluding hydrogens is 198 g/mol. The van der Waals surface area contributed by atoms with Crippen LogP contribution in [0.5, 0.6) is 0 Å². The second-order valence-electron chi connectivity index (χ2n) is 5.85. The monoisotopic (exact) mass is 223 g/mol. The van der Waals surface area contributed by atoms with E-state index in [2.05, 4.69) is 55.8 Å². The van der Waals surface area contributed by atoms with E-state index >= 15 is 0 Å². The summed E-state index contributed by atoms with van der Waals surface area (Å²) in [5.41, 5.74) is 2.55. The molecule has 0 radical (unpaired) electrons. The summed E-state index contributed by atoms with van der Waals surface area (Å²) in [5, 5.41) is 8.01. The molecule has 0 amide bonds. The van der Waals surface area contributed by atoms with Gasteiger partial charge < -0.3 is 5.32 Å². The molecule has 1 N–H and O–H groups in total. The molecule has 1 aromatic rings. The van der Waals surface area contributed by atoms with Gasteiger partial charge in [-0.1, -0.05) is 6.92 Å². The summed E-state index contributed by atoms with van der Waals surface area (Å²) in [6.07, 6.45) is 0. The van der Waals surface area contributed by atoms with Crippen LogP contribution in [0.2, 0.25) is 0 Å². The molecule has 16 heavy (non-hydrogen) atoms. The van der Waals surface area contributed by atoms with Gasteiger partial charge >= 0.3 is 0 Å². The minimum Gasteiger partial charge on any atom is -0.312 e. The van der Waals surface area contributed by atoms with Crippen molar-refractivity contribution in [3.8, 4) is 0 Å². The fourth-order valence-corrected chi connectivity index (χ4v) is 1.70. The number of nitrogens with one attached hydrogen (secondary N) is 1. The lowest BCUT2D eigenvalue weighted by atomic mass is 10.1. The predicted octanol–water partition coefficient (Wildman–Crippen LogP) is 2.52. The molecule has 0 aromatic carbocycles. The van der Waals surface area contributed by atoms with Gasteiger partial charge in [-0.15, -0.1) is 0 Å². The lowest BCUT2D eigenvalue weighted by Crippen LogP contribution is -2.39. The SMILES string of the molecule is Cc1cc(C)n(CC(C)CNC(C)(C)C)n1. The molecular formula is C13H25N3. The lowest BCUT2D eigenvalue weighted by molar-refractivity contribution is 0.349. The molecule has 3 nitrogen and oxygen atoms in total. The molecule has 0 spiro atoms. The Morgan fingerprint density at radius 2 is 2.00 bits per heavy atom. The maximum atomic E-state index is 4.48. The third kappa shape index (κ3) is 4.35. The molecule has 1 heterocycles. The molecule has 3 heteroatoms. The summed E-state index contributed by atoms with van der Waals surface area (Å²) in [7, 11) is 0. The zero-order valence-corrected chi connectivity index (χ0v) is 11.5. The third-order valence-electron chi connectivity index (χ3n) is 2.57. The van der Waals surface area contributed by atoms with Crippen LogP contribution in [0.1, 0.15) is 39.1 Å². The highest BCUT2D eigenvalue weighted by molar-refractivity contribution is 5.06. The van der Waals surface area contributed by atoms with Crippen LogP contribution >= 0.6 is 0 Å². The van der Waals surface area contributed by atoms with E-state index in [4.69, 9.17) is 0 Å². The van der Waals surface area contributed by atoms with E-state index in [1.165, 1.54) is 5.69 Å². The Morgan fingerprint density at radius 1 is 1.38 bits per heavy atom. The van der Waals surface area contributed by atoms with Crippen LogP contribution in [0.25, 0.3) is 0 Å². The predicted molar refractivity (Wildman–Crippen MR) is 68.6 cm³/mol. The molecule has 0 aliphatic carbocycles. The molecule has 1 unspecified atom stereocenters. The fourth-order valence-electron chi connectivity index (χ4n) is 1.70. The van der Waals surface area contributed by atoms with Crippen molar-refractivity contribution in [1.29, 1.82) is 0 Å². The van der Waals surface area contributed by atoms with Gasteiger partial charge in [0.05, 0.1) is 5.69 Å². The van der Waals surface area contributed by atoms with Gasteiger partial charge in [0.25, 0.3) is 0 Å². The molecule has 1 rings (SSSR count). The van der Waals surface area contributed by atoms with Crippen molar-refractivity contribution in [2.24, 2.45) is 5.92 Å². The number of nitrogens with zero attached hydrogens (tertiary/aromatic N) is 2. The number of hydrogen-bond donors (Lipinski definition) is 1. The van der Waals surface area contributed by atoms with Crippen LogP contribution in [-0.4, -0.2) is 21.9 Å². The second kappa shape index (κ2) is 5.00. The van der Waals surface area contributed by atoms with Crippen molar-refractivity contribution in [2.75, 3.05) is 6.54 Å². The molecule has 0 saturated carbocycles. The first-order valence-electron chi connectivity index (χ1n) is 6.04. The van der Waals surface area contributed by atoms with E-state index in [1.807, 2.05) is 6.92 Å². The quantitative estimate of drug-likeness (QED) is 0.850. The fraction of sp³-hybridized carbons (Fsp3) is 0.769. The van der Waals surface area contributed by atoms with E-state index < -0.39 is 0 Å². The van der Waals surface area contributed by atoms with E-state index in [-0.39, 0.29) is 5.54 Å². The highest BCUT2D eigenvalue weighted by atomic mass is 15.3. The molecule has 1 atom stereocenters. The first-order chi connectivity index (χ1) is 7.28. The normalized spacial score (nSPS) is 14.1. The Labute approximate surface area is 99.2 Å². The summed E-state index contributed by atoms with van der Waals surface area (Å²) in [6.45, 7) is 15.0. The Bertz CT molecular complexity index is 333. The Hall–Kier alpha value is -0.830. The summed E-state index contributed by atoms with van der Waals surface area (Å²) in [4.78, 5) is 0. The largest absolute Gasteiger partial charge is 0.312 e. The molecule has 0 fully saturated rings. The lowest BCUT2D eigenvalue weighted by Gasteiger charge is -2.23. The third-order valence-corrected chi connectivity index (χ3v) is 2.57. The van der Waals surface area contributed by atoms with Gasteiger partial charge in [0.2, 0.25) is 0 Å². The van der Waals surface area contributed by atoms with Crippen molar-refractivity contribution < 1.29 is 0 Å². The highest BCUT2D eigenvalue weighted by Crippen LogP contribution is 2.07. The van der Waals surface area contributed by atoms with E-state index in [0.29, 0.717) is 5.92 Å². The van der Waals surface area contributed by atoms with Gasteiger partial charge in [-0.3, -0.25) is 4.68 Å². The van der Waals surface area contributed by atoms with Gasteiger partial charge in [-0.25, -0.2) is 0 Å². The van der Waals surface area contributed by atoms with Crippen molar-refractivity contribution >= 4 is 0 Å². The van der Waals surface area contributed by atoms with Gasteiger partial charge in [0.1, 0.15) is 0 Å². The van der Waals surface area contributed by atoms with Crippen molar-refractivity contribution in [3.05, 3.63) is 17.5 Å². The molecule has 0 aliphatic heterocycles. The van der Waals surface area contributed by atoms with Crippen LogP contribution in [0.4, 0.5) is 0 Å². The first-order valence-corrected chi connectivity index (χ1v) is 6.04. The molecule has 0 aliphatic rings. The number of aryl methyl sites for hydroxylation is 2. The van der Waals surface area contributed by atoms with Crippen molar-refractivity contribution in [2.45, 2.75) is 53.6 Å². The second-order valence-corrected chi connectivity index (χ2v) is 5.85. The van der Waals surface area contributed by atoms with E-state index in [1.54, 1.807) is 0 Å². The summed E-state index contributed by atoms with van der Waals surface area (Å²) < 4.78 is 2.10. The van der Waals surface area contributed by atoms with Crippen LogP contribution in [0, 0.1) is 19.8 Å². The maximum Gasteiger partial charge on any atom is 0.0596 e. The molecule has 0 saturated heterocycles. The molecule has 0 bridgehead atoms. The molecule has 1 aromatic heterocycles. The van der Waals surface area contributed by atoms with Crippen molar-refractivity contribution in [3.63, 3.8) is 0 Å². The van der Waals surface area contributed by atoms with Gasteiger partial charge in [0, 0.05) is 17.8 Å². The Morgan fingerprint density at radius 3 is 2.44 bits per heavy atom.